The van der Waals surface area contributed by atoms with Gasteiger partial charge in [-0.1, -0.05) is 54.6 Å². The van der Waals surface area contributed by atoms with Crippen LogP contribution in [0.15, 0.2) is 85.1 Å². The summed E-state index contributed by atoms with van der Waals surface area (Å²) in [6.45, 7) is 0.998. The lowest BCUT2D eigenvalue weighted by Crippen LogP contribution is -2.34. The van der Waals surface area contributed by atoms with Gasteiger partial charge in [0.25, 0.3) is 5.82 Å². The Morgan fingerprint density at radius 2 is 1.56 bits per heavy atom. The molecule has 4 aromatic rings. The van der Waals surface area contributed by atoms with Gasteiger partial charge in [-0.3, -0.25) is 4.79 Å². The SMILES string of the molecule is COc1ccccc1-[n+]1cc(-c2ccc(C(=O)c3ccccc3)cc2)n2c1CCCCC2. The zero-order valence-corrected chi connectivity index (χ0v) is 18.3. The molecule has 1 aliphatic heterocycles. The first-order chi connectivity index (χ1) is 15.8. The molecule has 1 aliphatic rings. The largest absolute Gasteiger partial charge is 0.492 e. The van der Waals surface area contributed by atoms with Crippen LogP contribution >= 0.6 is 0 Å². The molecule has 160 valence electrons. The van der Waals surface area contributed by atoms with Crippen LogP contribution in [0.1, 0.15) is 41.0 Å². The number of hydrogen-bond donors (Lipinski definition) is 0. The summed E-state index contributed by atoms with van der Waals surface area (Å²) in [7, 11) is 1.72. The van der Waals surface area contributed by atoms with Crippen molar-refractivity contribution >= 4 is 5.78 Å². The van der Waals surface area contributed by atoms with Crippen LogP contribution in [0.2, 0.25) is 0 Å². The Bertz CT molecular complexity index is 1240. The number of fused-ring (bicyclic) bond motifs is 1. The van der Waals surface area contributed by atoms with E-state index in [9.17, 15) is 4.79 Å². The number of nitrogens with zero attached hydrogens (tertiary/aromatic N) is 2. The molecular weight excluding hydrogens is 396 g/mol. The molecule has 2 heterocycles. The first-order valence-corrected chi connectivity index (χ1v) is 11.2. The molecule has 1 aromatic heterocycles. The van der Waals surface area contributed by atoms with E-state index in [1.54, 1.807) is 7.11 Å². The Morgan fingerprint density at radius 1 is 0.844 bits per heavy atom. The minimum absolute atomic E-state index is 0.0511. The summed E-state index contributed by atoms with van der Waals surface area (Å²) < 4.78 is 10.4. The van der Waals surface area contributed by atoms with E-state index in [1.807, 2.05) is 54.6 Å². The maximum absolute atomic E-state index is 12.8. The van der Waals surface area contributed by atoms with Crippen LogP contribution < -0.4 is 9.30 Å². The van der Waals surface area contributed by atoms with Crippen LogP contribution in [0.4, 0.5) is 0 Å². The van der Waals surface area contributed by atoms with Gasteiger partial charge >= 0.3 is 0 Å². The molecule has 0 saturated heterocycles. The molecule has 0 saturated carbocycles. The van der Waals surface area contributed by atoms with E-state index < -0.39 is 0 Å². The molecule has 0 unspecified atom stereocenters. The molecule has 0 bridgehead atoms. The van der Waals surface area contributed by atoms with Gasteiger partial charge in [-0.25, -0.2) is 4.57 Å². The average molecular weight is 424 g/mol. The highest BCUT2D eigenvalue weighted by atomic mass is 16.5. The van der Waals surface area contributed by atoms with Crippen LogP contribution in [-0.4, -0.2) is 17.5 Å². The highest BCUT2D eigenvalue weighted by Gasteiger charge is 2.28. The molecule has 0 atom stereocenters. The lowest BCUT2D eigenvalue weighted by atomic mass is 10.0. The van der Waals surface area contributed by atoms with Crippen molar-refractivity contribution < 1.29 is 14.1 Å². The number of imidazole rings is 1. The quantitative estimate of drug-likeness (QED) is 0.318. The zero-order valence-electron chi connectivity index (χ0n) is 18.3. The molecule has 0 aliphatic carbocycles. The van der Waals surface area contributed by atoms with Crippen LogP contribution in [0, 0.1) is 0 Å². The number of methoxy groups -OCH3 is 1. The average Bonchev–Trinajstić information content (AvgIpc) is 3.04. The lowest BCUT2D eigenvalue weighted by molar-refractivity contribution is -0.604. The van der Waals surface area contributed by atoms with E-state index in [1.165, 1.54) is 30.8 Å². The second-order valence-corrected chi connectivity index (χ2v) is 8.21. The number of carbonyl (C=O) groups excluding carboxylic acids is 1. The van der Waals surface area contributed by atoms with Gasteiger partial charge in [0.2, 0.25) is 0 Å². The van der Waals surface area contributed by atoms with E-state index in [-0.39, 0.29) is 5.78 Å². The van der Waals surface area contributed by atoms with Crippen molar-refractivity contribution in [2.24, 2.45) is 0 Å². The summed E-state index contributed by atoms with van der Waals surface area (Å²) in [5, 5.41) is 0. The molecule has 4 nitrogen and oxygen atoms in total. The smallest absolute Gasteiger partial charge is 0.262 e. The van der Waals surface area contributed by atoms with Crippen LogP contribution in [-0.2, 0) is 13.0 Å². The summed E-state index contributed by atoms with van der Waals surface area (Å²) in [4.78, 5) is 12.8. The van der Waals surface area contributed by atoms with Crippen LogP contribution in [0.3, 0.4) is 0 Å². The van der Waals surface area contributed by atoms with Gasteiger partial charge in [0.1, 0.15) is 6.20 Å². The van der Waals surface area contributed by atoms with Crippen LogP contribution in [0.25, 0.3) is 16.9 Å². The molecule has 4 heteroatoms. The third-order valence-corrected chi connectivity index (χ3v) is 6.24. The van der Waals surface area contributed by atoms with Gasteiger partial charge in [-0.05, 0) is 43.5 Å². The first-order valence-electron chi connectivity index (χ1n) is 11.2. The molecule has 0 radical (unpaired) electrons. The number of para-hydroxylation sites is 2. The van der Waals surface area contributed by atoms with E-state index in [0.717, 1.165) is 30.0 Å². The van der Waals surface area contributed by atoms with Crippen molar-refractivity contribution in [1.82, 2.24) is 4.57 Å². The predicted octanol–water partition coefficient (Wildman–Crippen LogP) is 5.40. The topological polar surface area (TPSA) is 35.1 Å². The second kappa shape index (κ2) is 8.83. The third kappa shape index (κ3) is 3.73. The monoisotopic (exact) mass is 423 g/mol. The van der Waals surface area contributed by atoms with E-state index in [2.05, 4.69) is 39.6 Å². The predicted molar refractivity (Wildman–Crippen MR) is 125 cm³/mol. The number of ketones is 1. The number of rotatable bonds is 5. The van der Waals surface area contributed by atoms with Crippen molar-refractivity contribution in [2.75, 3.05) is 7.11 Å². The van der Waals surface area contributed by atoms with Gasteiger partial charge < -0.3 is 4.74 Å². The van der Waals surface area contributed by atoms with E-state index >= 15 is 0 Å². The van der Waals surface area contributed by atoms with E-state index in [4.69, 9.17) is 4.74 Å². The molecule has 5 rings (SSSR count). The van der Waals surface area contributed by atoms with Gasteiger partial charge in [0.05, 0.1) is 13.7 Å². The van der Waals surface area contributed by atoms with Gasteiger partial charge in [0, 0.05) is 23.1 Å². The number of benzene rings is 3. The van der Waals surface area contributed by atoms with Crippen molar-refractivity contribution in [2.45, 2.75) is 32.2 Å². The molecular formula is C28H27N2O2+. The fourth-order valence-corrected chi connectivity index (χ4v) is 4.59. The maximum atomic E-state index is 12.8. The Hall–Kier alpha value is -3.66. The lowest BCUT2D eigenvalue weighted by Gasteiger charge is -2.06. The number of ether oxygens (including phenoxy) is 1. The highest BCUT2D eigenvalue weighted by molar-refractivity contribution is 6.09. The van der Waals surface area contributed by atoms with Gasteiger partial charge in [-0.2, -0.15) is 4.57 Å². The zero-order chi connectivity index (χ0) is 21.9. The number of carbonyl (C=O) groups is 1. The van der Waals surface area contributed by atoms with Crippen LogP contribution in [0.5, 0.6) is 5.75 Å². The highest BCUT2D eigenvalue weighted by Crippen LogP contribution is 2.27. The number of aromatic nitrogens is 2. The Labute approximate surface area is 188 Å². The standard InChI is InChI=1S/C28H27N2O2/c1-32-26-13-8-7-12-24(26)30-20-25(29-19-9-3-6-14-27(29)30)21-15-17-23(18-16-21)28(31)22-10-4-2-5-11-22/h2,4-5,7-8,10-13,15-18,20H,3,6,9,14,19H2,1H3/q+1. The van der Waals surface area contributed by atoms with Crippen molar-refractivity contribution in [3.05, 3.63) is 102 Å². The summed E-state index contributed by atoms with van der Waals surface area (Å²) in [6.07, 6.45) is 6.83. The summed E-state index contributed by atoms with van der Waals surface area (Å²) in [5.74, 6) is 2.21. The minimum Gasteiger partial charge on any atom is -0.492 e. The van der Waals surface area contributed by atoms with Crippen molar-refractivity contribution in [3.8, 4) is 22.7 Å². The third-order valence-electron chi connectivity index (χ3n) is 6.24. The summed E-state index contributed by atoms with van der Waals surface area (Å²) in [5.41, 5.74) is 4.77. The molecule has 0 fully saturated rings. The number of hydrogen-bond acceptors (Lipinski definition) is 2. The molecule has 32 heavy (non-hydrogen) atoms. The fourth-order valence-electron chi connectivity index (χ4n) is 4.59. The molecule has 0 N–H and O–H groups in total. The normalized spacial score (nSPS) is 13.3. The molecule has 0 amide bonds. The van der Waals surface area contributed by atoms with Gasteiger partial charge in [0.15, 0.2) is 22.9 Å². The molecule has 3 aromatic carbocycles. The maximum Gasteiger partial charge on any atom is 0.262 e. The molecule has 0 spiro atoms. The van der Waals surface area contributed by atoms with Gasteiger partial charge in [-0.15, -0.1) is 0 Å². The Morgan fingerprint density at radius 3 is 2.34 bits per heavy atom. The fraction of sp³-hybridized carbons (Fsp3) is 0.214. The summed E-state index contributed by atoms with van der Waals surface area (Å²) in [6, 6.07) is 25.6. The second-order valence-electron chi connectivity index (χ2n) is 8.21. The Balaban J connectivity index is 1.57. The van der Waals surface area contributed by atoms with Crippen molar-refractivity contribution in [3.63, 3.8) is 0 Å². The first kappa shape index (κ1) is 20.3. The van der Waals surface area contributed by atoms with Crippen molar-refractivity contribution in [1.29, 1.82) is 0 Å². The summed E-state index contributed by atoms with van der Waals surface area (Å²) >= 11 is 0. The Kier molecular flexibility index (Phi) is 5.59. The minimum atomic E-state index is 0.0511. The van der Waals surface area contributed by atoms with E-state index in [0.29, 0.717) is 11.1 Å².